The van der Waals surface area contributed by atoms with Gasteiger partial charge in [0, 0.05) is 16.2 Å². The van der Waals surface area contributed by atoms with Crippen molar-refractivity contribution in [1.29, 1.82) is 0 Å². The van der Waals surface area contributed by atoms with Gasteiger partial charge < -0.3 is 19.2 Å². The number of hydrogen-bond acceptors (Lipinski definition) is 7. The monoisotopic (exact) mass is 588 g/mol. The molecule has 10 heteroatoms. The van der Waals surface area contributed by atoms with E-state index in [2.05, 4.69) is 16.1 Å². The smallest absolute Gasteiger partial charge is 0.356 e. The van der Waals surface area contributed by atoms with Gasteiger partial charge in [-0.15, -0.1) is 11.8 Å². The molecule has 3 atom stereocenters. The third-order valence-corrected chi connectivity index (χ3v) is 10.5. The van der Waals surface area contributed by atoms with Gasteiger partial charge in [-0.25, -0.2) is 4.79 Å². The molecule has 0 radical (unpaired) electrons. The number of fused-ring (bicyclic) bond motifs is 1. The molecule has 41 heavy (non-hydrogen) atoms. The van der Waals surface area contributed by atoms with Crippen LogP contribution in [0.2, 0.25) is 0 Å². The molecule has 0 saturated carbocycles. The number of β-lactam (4-membered cyclic amide) rings is 1. The lowest BCUT2D eigenvalue weighted by molar-refractivity contribution is -0.153. The number of furan rings is 1. The number of hydrogen-bond donors (Lipinski definition) is 2. The predicted octanol–water partition coefficient (Wildman–Crippen LogP) is 4.76. The van der Waals surface area contributed by atoms with E-state index >= 15 is 0 Å². The summed E-state index contributed by atoms with van der Waals surface area (Å²) in [5, 5.41) is 6.64. The molecule has 1 aromatic heterocycles. The maximum Gasteiger partial charge on any atom is 0.356 e. The summed E-state index contributed by atoms with van der Waals surface area (Å²) in [6, 6.07) is 19.7. The van der Waals surface area contributed by atoms with E-state index in [4.69, 9.17) is 13.9 Å². The number of carbonyl (C=O) groups excluding carboxylic acids is 3. The molecule has 0 bridgehead atoms. The molecule has 2 aromatic carbocycles. The molecule has 1 fully saturated rings. The van der Waals surface area contributed by atoms with Crippen LogP contribution in [0.25, 0.3) is 5.57 Å². The van der Waals surface area contributed by atoms with E-state index in [9.17, 15) is 14.4 Å². The van der Waals surface area contributed by atoms with Gasteiger partial charge in [0.2, 0.25) is 5.91 Å². The third-order valence-electron chi connectivity index (χ3n) is 7.00. The van der Waals surface area contributed by atoms with Crippen LogP contribution < -0.4 is 10.1 Å². The number of thiol groups is 1. The lowest BCUT2D eigenvalue weighted by atomic mass is 10.0. The Morgan fingerprint density at radius 2 is 1.88 bits per heavy atom. The predicted molar refractivity (Wildman–Crippen MR) is 160 cm³/mol. The van der Waals surface area contributed by atoms with Crippen molar-refractivity contribution in [3.63, 3.8) is 0 Å². The number of nitrogens with zero attached hydrogens (tertiary/aromatic N) is 1. The second kappa shape index (κ2) is 11.8. The minimum Gasteiger partial charge on any atom is -0.497 e. The fourth-order valence-electron chi connectivity index (χ4n) is 4.89. The number of rotatable bonds is 9. The average molecular weight is 589 g/mol. The Hall–Kier alpha value is -4.15. The number of nitrogens with one attached hydrogen (secondary N) is 1. The highest BCUT2D eigenvalue weighted by molar-refractivity contribution is 8.26. The van der Waals surface area contributed by atoms with Crippen LogP contribution in [0, 0.1) is 0 Å². The number of amides is 2. The van der Waals surface area contributed by atoms with Crippen molar-refractivity contribution in [2.24, 2.45) is 0 Å². The summed E-state index contributed by atoms with van der Waals surface area (Å²) in [5.74, 6) is 0.883. The zero-order valence-electron chi connectivity index (χ0n) is 22.2. The van der Waals surface area contributed by atoms with Crippen LogP contribution in [0.15, 0.2) is 105 Å². The first kappa shape index (κ1) is 27.0. The van der Waals surface area contributed by atoms with Gasteiger partial charge in [0.05, 0.1) is 19.8 Å². The fraction of sp³-hybridized carbons (Fsp3) is 0.194. The highest BCUT2D eigenvalue weighted by Crippen LogP contribution is 2.53. The molecule has 2 unspecified atom stereocenters. The molecule has 6 rings (SSSR count). The zero-order valence-corrected chi connectivity index (χ0v) is 23.9. The average Bonchev–Trinajstić information content (AvgIpc) is 3.71. The van der Waals surface area contributed by atoms with Crippen LogP contribution >= 0.6 is 22.7 Å². The topological polar surface area (TPSA) is 98.1 Å². The maximum atomic E-state index is 13.6. The van der Waals surface area contributed by atoms with Crippen molar-refractivity contribution in [2.75, 3.05) is 12.9 Å². The van der Waals surface area contributed by atoms with Crippen molar-refractivity contribution < 1.29 is 28.3 Å². The highest BCUT2D eigenvalue weighted by atomic mass is 32.2. The van der Waals surface area contributed by atoms with Crippen LogP contribution in [0.3, 0.4) is 0 Å². The lowest BCUT2D eigenvalue weighted by Gasteiger charge is -2.50. The molecule has 210 valence electrons. The molecule has 4 heterocycles. The van der Waals surface area contributed by atoms with E-state index in [0.29, 0.717) is 11.5 Å². The Labute approximate surface area is 244 Å². The summed E-state index contributed by atoms with van der Waals surface area (Å²) in [5.41, 5.74) is 2.88. The Kier molecular flexibility index (Phi) is 7.76. The first-order valence-electron chi connectivity index (χ1n) is 13.1. The van der Waals surface area contributed by atoms with Crippen LogP contribution in [0.4, 0.5) is 0 Å². The molecular weight excluding hydrogens is 560 g/mol. The number of ether oxygens (including phenoxy) is 2. The molecular formula is C31H28N2O6S2. The summed E-state index contributed by atoms with van der Waals surface area (Å²) in [7, 11) is 0.602. The van der Waals surface area contributed by atoms with Gasteiger partial charge in [0.1, 0.15) is 35.2 Å². The SMILES string of the molecule is COc1ccc(COC(=O)C2=C([SH]3C=CC(c4ccco4)=C3)CSC3[C@H](NC(=O)Cc4ccccc4)C(=O)N23)cc1. The van der Waals surface area contributed by atoms with Gasteiger partial charge in [0.25, 0.3) is 5.91 Å². The summed E-state index contributed by atoms with van der Waals surface area (Å²) in [6.07, 6.45) is 3.79. The summed E-state index contributed by atoms with van der Waals surface area (Å²) in [4.78, 5) is 42.2. The molecule has 3 aliphatic heterocycles. The van der Waals surface area contributed by atoms with Gasteiger partial charge in [0.15, 0.2) is 0 Å². The van der Waals surface area contributed by atoms with E-state index in [1.54, 1.807) is 37.3 Å². The molecule has 3 aliphatic rings. The maximum absolute atomic E-state index is 13.6. The minimum absolute atomic E-state index is 0.0535. The first-order chi connectivity index (χ1) is 20.0. The molecule has 1 saturated heterocycles. The second-order valence-corrected chi connectivity index (χ2v) is 12.6. The summed E-state index contributed by atoms with van der Waals surface area (Å²) < 4.78 is 16.5. The van der Waals surface area contributed by atoms with Crippen LogP contribution in [0.5, 0.6) is 5.75 Å². The fourth-order valence-corrected chi connectivity index (χ4v) is 8.61. The highest BCUT2D eigenvalue weighted by Gasteiger charge is 2.54. The van der Waals surface area contributed by atoms with E-state index in [0.717, 1.165) is 27.4 Å². The number of thioether (sulfide) groups is 1. The largest absolute Gasteiger partial charge is 0.497 e. The minimum atomic E-state index is -0.988. The summed E-state index contributed by atoms with van der Waals surface area (Å²) in [6.45, 7) is 0.0535. The zero-order chi connectivity index (χ0) is 28.3. The molecule has 3 aromatic rings. The number of allylic oxidation sites excluding steroid dienone is 2. The second-order valence-electron chi connectivity index (χ2n) is 9.62. The van der Waals surface area contributed by atoms with Crippen molar-refractivity contribution in [2.45, 2.75) is 24.4 Å². The number of carbonyl (C=O) groups is 3. The van der Waals surface area contributed by atoms with Gasteiger partial charge in [-0.2, -0.15) is 10.9 Å². The van der Waals surface area contributed by atoms with Crippen molar-refractivity contribution in [1.82, 2.24) is 10.2 Å². The Morgan fingerprint density at radius 3 is 2.61 bits per heavy atom. The number of methoxy groups -OCH3 is 1. The molecule has 2 amide bonds. The third kappa shape index (κ3) is 5.57. The molecule has 0 spiro atoms. The van der Waals surface area contributed by atoms with Crippen molar-refractivity contribution >= 4 is 46.0 Å². The summed E-state index contributed by atoms with van der Waals surface area (Å²) >= 11 is 1.55. The van der Waals surface area contributed by atoms with Crippen LogP contribution in [0.1, 0.15) is 16.9 Å². The number of benzene rings is 2. The van der Waals surface area contributed by atoms with Crippen LogP contribution in [-0.4, -0.2) is 47.0 Å². The number of esters is 1. The Balaban J connectivity index is 1.23. The van der Waals surface area contributed by atoms with Gasteiger partial charge in [-0.1, -0.05) is 42.5 Å². The van der Waals surface area contributed by atoms with Gasteiger partial charge in [-0.3, -0.25) is 14.5 Å². The van der Waals surface area contributed by atoms with Crippen molar-refractivity contribution in [3.8, 4) is 5.75 Å². The lowest BCUT2D eigenvalue weighted by Crippen LogP contribution is -2.70. The van der Waals surface area contributed by atoms with E-state index in [1.165, 1.54) is 4.90 Å². The Morgan fingerprint density at radius 1 is 1.07 bits per heavy atom. The van der Waals surface area contributed by atoms with Crippen molar-refractivity contribution in [3.05, 3.63) is 117 Å². The van der Waals surface area contributed by atoms with Crippen LogP contribution in [-0.2, 0) is 32.1 Å². The van der Waals surface area contributed by atoms with E-state index < -0.39 is 22.9 Å². The molecule has 0 aliphatic carbocycles. The standard InChI is InChI=1S/C31H28N2O6S2/c1-37-23-11-9-21(10-12-23)17-39-31(36)28-25(41-15-13-22(19-41)24-8-5-14-38-24)18-40-30-27(29(35)33(28)30)32-26(34)16-20-6-3-2-4-7-20/h2-15,19,27,30,41H,16-18H2,1H3,(H,32,34)/t27-,30?/m1/s1. The quantitative estimate of drug-likeness (QED) is 0.211. The van der Waals surface area contributed by atoms with Gasteiger partial charge in [-0.05, 0) is 52.3 Å². The van der Waals surface area contributed by atoms with Gasteiger partial charge >= 0.3 is 5.97 Å². The van der Waals surface area contributed by atoms with E-state index in [1.807, 2.05) is 60.7 Å². The van der Waals surface area contributed by atoms with E-state index in [-0.39, 0.29) is 35.9 Å². The first-order valence-corrected chi connectivity index (χ1v) is 15.6. The molecule has 1 N–H and O–H groups in total. The molecule has 8 nitrogen and oxygen atoms in total. The normalized spacial score (nSPS) is 22.1. The Bertz CT molecular complexity index is 1550.